The predicted octanol–water partition coefficient (Wildman–Crippen LogP) is 2.29. The highest BCUT2D eigenvalue weighted by Gasteiger charge is 2.50. The molecule has 2 unspecified atom stereocenters. The summed E-state index contributed by atoms with van der Waals surface area (Å²) in [5.74, 6) is 0.732. The molecule has 2 rings (SSSR count). The van der Waals surface area contributed by atoms with Crippen molar-refractivity contribution in [2.45, 2.75) is 25.7 Å². The van der Waals surface area contributed by atoms with Gasteiger partial charge in [0.15, 0.2) is 0 Å². The quantitative estimate of drug-likeness (QED) is 0.744. The molecule has 0 saturated heterocycles. The van der Waals surface area contributed by atoms with Crippen molar-refractivity contribution in [3.63, 3.8) is 0 Å². The van der Waals surface area contributed by atoms with E-state index in [1.807, 2.05) is 11.3 Å². The average molecular weight is 181 g/mol. The molecule has 66 valence electrons. The molecule has 0 radical (unpaired) electrons. The van der Waals surface area contributed by atoms with E-state index in [4.69, 9.17) is 5.73 Å². The molecule has 1 heterocycles. The summed E-state index contributed by atoms with van der Waals surface area (Å²) in [4.78, 5) is 2.93. The van der Waals surface area contributed by atoms with Crippen LogP contribution in [-0.4, -0.2) is 6.54 Å². The summed E-state index contributed by atoms with van der Waals surface area (Å²) >= 11 is 1.92. The minimum atomic E-state index is 0.424. The number of nitrogens with two attached hydrogens (primary N) is 1. The molecule has 0 spiro atoms. The van der Waals surface area contributed by atoms with Crippen LogP contribution in [0.25, 0.3) is 0 Å². The van der Waals surface area contributed by atoms with Gasteiger partial charge in [0.05, 0.1) is 0 Å². The highest BCUT2D eigenvalue weighted by atomic mass is 32.1. The Hall–Kier alpha value is -0.340. The van der Waals surface area contributed by atoms with Crippen LogP contribution in [0.15, 0.2) is 12.1 Å². The molecule has 2 heteroatoms. The Morgan fingerprint density at radius 3 is 2.83 bits per heavy atom. The molecule has 1 aliphatic carbocycles. The zero-order valence-corrected chi connectivity index (χ0v) is 8.45. The van der Waals surface area contributed by atoms with E-state index in [9.17, 15) is 0 Å². The topological polar surface area (TPSA) is 26.0 Å². The van der Waals surface area contributed by atoms with Crippen molar-refractivity contribution < 1.29 is 0 Å². The number of thiophene rings is 1. The Morgan fingerprint density at radius 1 is 1.67 bits per heavy atom. The van der Waals surface area contributed by atoms with Crippen molar-refractivity contribution in [2.75, 3.05) is 6.54 Å². The van der Waals surface area contributed by atoms with Gasteiger partial charge in [-0.25, -0.2) is 0 Å². The van der Waals surface area contributed by atoms with Crippen molar-refractivity contribution in [1.29, 1.82) is 0 Å². The van der Waals surface area contributed by atoms with Gasteiger partial charge in [0.2, 0.25) is 0 Å². The van der Waals surface area contributed by atoms with Crippen LogP contribution in [0.1, 0.15) is 23.1 Å². The van der Waals surface area contributed by atoms with Crippen molar-refractivity contribution >= 4 is 11.3 Å². The molecular formula is C10H15NS. The highest BCUT2D eigenvalue weighted by molar-refractivity contribution is 7.12. The lowest BCUT2D eigenvalue weighted by molar-refractivity contribution is 0.678. The third-order valence-corrected chi connectivity index (χ3v) is 4.28. The summed E-state index contributed by atoms with van der Waals surface area (Å²) in [6.07, 6.45) is 1.28. The van der Waals surface area contributed by atoms with E-state index in [1.54, 1.807) is 0 Å². The summed E-state index contributed by atoms with van der Waals surface area (Å²) in [6, 6.07) is 4.47. The first kappa shape index (κ1) is 8.27. The molecule has 1 saturated carbocycles. The van der Waals surface area contributed by atoms with E-state index in [0.29, 0.717) is 5.41 Å². The Morgan fingerprint density at radius 2 is 2.42 bits per heavy atom. The molecule has 0 amide bonds. The van der Waals surface area contributed by atoms with E-state index < -0.39 is 0 Å². The fourth-order valence-corrected chi connectivity index (χ4v) is 2.94. The molecule has 2 atom stereocenters. The van der Waals surface area contributed by atoms with Gasteiger partial charge in [-0.1, -0.05) is 6.92 Å². The molecule has 0 aromatic carbocycles. The molecule has 12 heavy (non-hydrogen) atoms. The first-order valence-corrected chi connectivity index (χ1v) is 5.25. The second kappa shape index (κ2) is 2.57. The first-order valence-electron chi connectivity index (χ1n) is 4.44. The van der Waals surface area contributed by atoms with Gasteiger partial charge < -0.3 is 5.73 Å². The molecule has 1 fully saturated rings. The van der Waals surface area contributed by atoms with Crippen LogP contribution in [0.4, 0.5) is 0 Å². The number of hydrogen-bond acceptors (Lipinski definition) is 2. The third kappa shape index (κ3) is 1.10. The number of hydrogen-bond donors (Lipinski definition) is 1. The van der Waals surface area contributed by atoms with E-state index in [1.165, 1.54) is 16.2 Å². The van der Waals surface area contributed by atoms with Gasteiger partial charge in [0.1, 0.15) is 0 Å². The van der Waals surface area contributed by atoms with Gasteiger partial charge >= 0.3 is 0 Å². The fraction of sp³-hybridized carbons (Fsp3) is 0.600. The molecule has 1 nitrogen and oxygen atoms in total. The van der Waals surface area contributed by atoms with Crippen LogP contribution >= 0.6 is 11.3 Å². The van der Waals surface area contributed by atoms with Crippen LogP contribution in [0.3, 0.4) is 0 Å². The zero-order valence-electron chi connectivity index (χ0n) is 7.63. The maximum absolute atomic E-state index is 5.66. The summed E-state index contributed by atoms with van der Waals surface area (Å²) in [5.41, 5.74) is 6.08. The van der Waals surface area contributed by atoms with Crippen LogP contribution in [-0.2, 0) is 5.41 Å². The van der Waals surface area contributed by atoms with Crippen molar-refractivity contribution in [1.82, 2.24) is 0 Å². The molecule has 2 N–H and O–H groups in total. The lowest BCUT2D eigenvalue weighted by atomic mass is 10.0. The largest absolute Gasteiger partial charge is 0.330 e. The molecule has 0 aliphatic heterocycles. The van der Waals surface area contributed by atoms with Crippen molar-refractivity contribution in [3.05, 3.63) is 21.9 Å². The van der Waals surface area contributed by atoms with E-state index in [2.05, 4.69) is 26.0 Å². The van der Waals surface area contributed by atoms with E-state index in [0.717, 1.165) is 12.5 Å². The Balaban J connectivity index is 2.22. The van der Waals surface area contributed by atoms with Gasteiger partial charge in [0, 0.05) is 15.2 Å². The smallest absolute Gasteiger partial charge is 0.0110 e. The zero-order chi connectivity index (χ0) is 8.77. The lowest BCUT2D eigenvalue weighted by Gasteiger charge is -2.06. The molecular weight excluding hydrogens is 166 g/mol. The summed E-state index contributed by atoms with van der Waals surface area (Å²) < 4.78 is 0. The summed E-state index contributed by atoms with van der Waals surface area (Å²) in [7, 11) is 0. The summed E-state index contributed by atoms with van der Waals surface area (Å²) in [5, 5.41) is 0. The van der Waals surface area contributed by atoms with Crippen LogP contribution in [0.2, 0.25) is 0 Å². The Bertz CT molecular complexity index is 292. The van der Waals surface area contributed by atoms with E-state index >= 15 is 0 Å². The Labute approximate surface area is 77.6 Å². The minimum absolute atomic E-state index is 0.424. The fourth-order valence-electron chi connectivity index (χ4n) is 1.84. The summed E-state index contributed by atoms with van der Waals surface area (Å²) in [6.45, 7) is 5.33. The van der Waals surface area contributed by atoms with Crippen LogP contribution in [0, 0.1) is 12.8 Å². The normalized spacial score (nSPS) is 33.8. The van der Waals surface area contributed by atoms with Crippen molar-refractivity contribution in [3.8, 4) is 0 Å². The minimum Gasteiger partial charge on any atom is -0.330 e. The van der Waals surface area contributed by atoms with Crippen LogP contribution < -0.4 is 5.73 Å². The second-order valence-electron chi connectivity index (χ2n) is 3.96. The number of aryl methyl sites for hydroxylation is 1. The second-order valence-corrected chi connectivity index (χ2v) is 5.25. The lowest BCUT2D eigenvalue weighted by Crippen LogP contribution is -2.10. The average Bonchev–Trinajstić information content (AvgIpc) is 2.50. The number of rotatable bonds is 2. The van der Waals surface area contributed by atoms with Gasteiger partial charge in [-0.15, -0.1) is 11.3 Å². The third-order valence-electron chi connectivity index (χ3n) is 3.00. The van der Waals surface area contributed by atoms with Gasteiger partial charge in [-0.3, -0.25) is 0 Å². The van der Waals surface area contributed by atoms with Gasteiger partial charge in [0.25, 0.3) is 0 Å². The molecule has 0 bridgehead atoms. The van der Waals surface area contributed by atoms with Crippen molar-refractivity contribution in [2.24, 2.45) is 11.7 Å². The monoisotopic (exact) mass is 181 g/mol. The standard InChI is InChI=1S/C10H15NS/c1-7-3-4-9(12-7)10(2)5-8(10)6-11/h3-4,8H,5-6,11H2,1-2H3. The van der Waals surface area contributed by atoms with E-state index in [-0.39, 0.29) is 0 Å². The van der Waals surface area contributed by atoms with Gasteiger partial charge in [-0.2, -0.15) is 0 Å². The predicted molar refractivity (Wildman–Crippen MR) is 53.6 cm³/mol. The molecule has 1 aromatic rings. The molecule has 1 aromatic heterocycles. The highest BCUT2D eigenvalue weighted by Crippen LogP contribution is 2.54. The maximum Gasteiger partial charge on any atom is 0.0110 e. The SMILES string of the molecule is Cc1ccc(C2(C)CC2CN)s1. The Kier molecular flexibility index (Phi) is 1.77. The molecule has 1 aliphatic rings. The first-order chi connectivity index (χ1) is 5.66. The van der Waals surface area contributed by atoms with Crippen LogP contribution in [0.5, 0.6) is 0 Å². The maximum atomic E-state index is 5.66. The van der Waals surface area contributed by atoms with Gasteiger partial charge in [-0.05, 0) is 37.9 Å².